The summed E-state index contributed by atoms with van der Waals surface area (Å²) in [7, 11) is 0. The summed E-state index contributed by atoms with van der Waals surface area (Å²) in [5.41, 5.74) is 3.97. The fourth-order valence-corrected chi connectivity index (χ4v) is 4.25. The number of nitrogens with zero attached hydrogens (tertiary/aromatic N) is 7. The lowest BCUT2D eigenvalue weighted by Gasteiger charge is -2.23. The van der Waals surface area contributed by atoms with Crippen molar-refractivity contribution in [3.05, 3.63) is 59.6 Å². The molecule has 0 aromatic carbocycles. The number of rotatable bonds is 5. The molecule has 1 N–H and O–H groups in total. The van der Waals surface area contributed by atoms with Crippen molar-refractivity contribution in [2.24, 2.45) is 0 Å². The van der Waals surface area contributed by atoms with Gasteiger partial charge in [-0.25, -0.2) is 14.1 Å². The van der Waals surface area contributed by atoms with Crippen molar-refractivity contribution in [2.75, 3.05) is 13.1 Å². The Balaban J connectivity index is 0.00000274. The summed E-state index contributed by atoms with van der Waals surface area (Å²) < 4.78 is 23.1. The molecule has 11 heteroatoms. The molecule has 2 atom stereocenters. The number of ether oxygens (including phenoxy) is 1. The van der Waals surface area contributed by atoms with Crippen LogP contribution >= 0.6 is 12.4 Å². The zero-order valence-electron chi connectivity index (χ0n) is 18.8. The average Bonchev–Trinajstić information content (AvgIpc) is 3.43. The Morgan fingerprint density at radius 3 is 2.82 bits per heavy atom. The average molecular weight is 483 g/mol. The first-order valence-corrected chi connectivity index (χ1v) is 10.9. The Morgan fingerprint density at radius 1 is 1.26 bits per heavy atom. The molecule has 0 spiro atoms. The molecule has 1 saturated heterocycles. The first kappa shape index (κ1) is 23.6. The van der Waals surface area contributed by atoms with Gasteiger partial charge in [-0.1, -0.05) is 5.21 Å². The standard InChI is InChI=1S/C23H23FN8O.ClH/c1-14-23(29-30-32(14)18-4-3-7-26-12-18)16-8-21-28-13-19(10-25)31(21)22(9-16)33-15(2)20-6-5-17(24)11-27-20;/h5-6,8-9,11,13,15,18,26H,3-4,7,12H2,1-2H3;1H/t15-,18+;/m1./s1. The molecule has 1 fully saturated rings. The predicted octanol–water partition coefficient (Wildman–Crippen LogP) is 3.79. The topological polar surface area (TPSA) is 106 Å². The number of hydrogen-bond acceptors (Lipinski definition) is 7. The summed E-state index contributed by atoms with van der Waals surface area (Å²) in [4.78, 5) is 8.50. The molecular formula is C23H24ClFN8O. The van der Waals surface area contributed by atoms with Crippen LogP contribution in [0, 0.1) is 24.1 Å². The number of nitrogens with one attached hydrogen (secondary N) is 1. The van der Waals surface area contributed by atoms with Crippen molar-refractivity contribution in [2.45, 2.75) is 38.8 Å². The van der Waals surface area contributed by atoms with Crippen molar-refractivity contribution in [1.82, 2.24) is 34.7 Å². The largest absolute Gasteiger partial charge is 0.469 e. The van der Waals surface area contributed by atoms with Crippen LogP contribution in [-0.2, 0) is 0 Å². The predicted molar refractivity (Wildman–Crippen MR) is 125 cm³/mol. The van der Waals surface area contributed by atoms with Gasteiger partial charge in [0.2, 0.25) is 5.88 Å². The Morgan fingerprint density at radius 2 is 2.12 bits per heavy atom. The first-order valence-electron chi connectivity index (χ1n) is 10.9. The molecule has 176 valence electrons. The number of fused-ring (bicyclic) bond motifs is 1. The number of piperidine rings is 1. The fraction of sp³-hybridized carbons (Fsp3) is 0.348. The third-order valence-electron chi connectivity index (χ3n) is 5.97. The van der Waals surface area contributed by atoms with E-state index in [9.17, 15) is 9.65 Å². The maximum absolute atomic E-state index is 13.3. The summed E-state index contributed by atoms with van der Waals surface area (Å²) in [6.45, 7) is 5.72. The van der Waals surface area contributed by atoms with Gasteiger partial charge in [0.05, 0.1) is 29.8 Å². The van der Waals surface area contributed by atoms with Gasteiger partial charge in [0.25, 0.3) is 0 Å². The number of imidazole rings is 1. The van der Waals surface area contributed by atoms with Crippen molar-refractivity contribution in [3.8, 4) is 23.2 Å². The molecule has 34 heavy (non-hydrogen) atoms. The maximum Gasteiger partial charge on any atom is 0.201 e. The van der Waals surface area contributed by atoms with Crippen LogP contribution < -0.4 is 10.1 Å². The molecule has 9 nitrogen and oxygen atoms in total. The quantitative estimate of drug-likeness (QED) is 0.461. The summed E-state index contributed by atoms with van der Waals surface area (Å²) in [6, 6.07) is 9.03. The lowest BCUT2D eigenvalue weighted by atomic mass is 10.1. The summed E-state index contributed by atoms with van der Waals surface area (Å²) in [6.07, 6.45) is 4.33. The molecule has 0 unspecified atom stereocenters. The Bertz CT molecular complexity index is 1340. The van der Waals surface area contributed by atoms with E-state index < -0.39 is 11.9 Å². The van der Waals surface area contributed by atoms with Crippen molar-refractivity contribution in [1.29, 1.82) is 5.26 Å². The molecule has 5 rings (SSSR count). The highest BCUT2D eigenvalue weighted by Gasteiger charge is 2.22. The number of pyridine rings is 2. The molecule has 4 aromatic rings. The molecular weight excluding hydrogens is 459 g/mol. The van der Waals surface area contributed by atoms with Crippen LogP contribution in [-0.4, -0.2) is 42.5 Å². The van der Waals surface area contributed by atoms with Crippen LogP contribution in [0.15, 0.2) is 36.7 Å². The van der Waals surface area contributed by atoms with Gasteiger partial charge >= 0.3 is 0 Å². The monoisotopic (exact) mass is 482 g/mol. The van der Waals surface area contributed by atoms with Crippen LogP contribution in [0.5, 0.6) is 5.88 Å². The highest BCUT2D eigenvalue weighted by molar-refractivity contribution is 5.85. The van der Waals surface area contributed by atoms with E-state index in [2.05, 4.69) is 31.7 Å². The van der Waals surface area contributed by atoms with Crippen LogP contribution in [0.3, 0.4) is 0 Å². The summed E-state index contributed by atoms with van der Waals surface area (Å²) in [5, 5.41) is 21.8. The third-order valence-corrected chi connectivity index (χ3v) is 5.97. The third kappa shape index (κ3) is 4.32. The van der Waals surface area contributed by atoms with Gasteiger partial charge in [-0.3, -0.25) is 9.38 Å². The molecule has 4 aromatic heterocycles. The number of aromatic nitrogens is 6. The Hall–Kier alpha value is -3.55. The normalized spacial score (nSPS) is 16.6. The second-order valence-corrected chi connectivity index (χ2v) is 8.16. The van der Waals surface area contributed by atoms with Crippen LogP contribution in [0.1, 0.15) is 49.0 Å². The molecule has 1 aliphatic heterocycles. The van der Waals surface area contributed by atoms with E-state index in [-0.39, 0.29) is 18.4 Å². The van der Waals surface area contributed by atoms with Gasteiger partial charge < -0.3 is 10.1 Å². The summed E-state index contributed by atoms with van der Waals surface area (Å²) in [5.74, 6) is 0.00639. The minimum atomic E-state index is -0.483. The molecule has 0 saturated carbocycles. The minimum Gasteiger partial charge on any atom is -0.469 e. The number of hydrogen-bond donors (Lipinski definition) is 1. The first-order chi connectivity index (χ1) is 16.0. The van der Waals surface area contributed by atoms with E-state index in [4.69, 9.17) is 4.74 Å². The Labute approximate surface area is 202 Å². The van der Waals surface area contributed by atoms with Gasteiger partial charge in [-0.2, -0.15) is 5.26 Å². The number of halogens is 2. The van der Waals surface area contributed by atoms with Crippen LogP contribution in [0.2, 0.25) is 0 Å². The maximum atomic E-state index is 13.3. The minimum absolute atomic E-state index is 0. The second-order valence-electron chi connectivity index (χ2n) is 8.16. The van der Waals surface area contributed by atoms with E-state index in [1.165, 1.54) is 12.3 Å². The van der Waals surface area contributed by atoms with Gasteiger partial charge in [0.15, 0.2) is 0 Å². The SMILES string of the molecule is Cc1c(-c2cc(O[C@H](C)c3ccc(F)cn3)n3c(C#N)cnc3c2)nnn1[C@H]1CCCNC1.Cl. The van der Waals surface area contributed by atoms with E-state index in [0.717, 1.165) is 49.1 Å². The zero-order valence-corrected chi connectivity index (χ0v) is 19.6. The highest BCUT2D eigenvalue weighted by Crippen LogP contribution is 2.31. The van der Waals surface area contributed by atoms with Crippen molar-refractivity contribution < 1.29 is 9.13 Å². The molecule has 0 bridgehead atoms. The summed E-state index contributed by atoms with van der Waals surface area (Å²) >= 11 is 0. The highest BCUT2D eigenvalue weighted by atomic mass is 35.5. The van der Waals surface area contributed by atoms with E-state index in [1.54, 1.807) is 10.5 Å². The van der Waals surface area contributed by atoms with E-state index >= 15 is 0 Å². The molecule has 0 radical (unpaired) electrons. The van der Waals surface area contributed by atoms with E-state index in [1.807, 2.05) is 30.7 Å². The molecule has 5 heterocycles. The lowest BCUT2D eigenvalue weighted by molar-refractivity contribution is 0.209. The molecule has 0 aliphatic carbocycles. The number of nitriles is 1. The molecule has 1 aliphatic rings. The van der Waals surface area contributed by atoms with Crippen LogP contribution in [0.25, 0.3) is 16.9 Å². The van der Waals surface area contributed by atoms with Crippen molar-refractivity contribution in [3.63, 3.8) is 0 Å². The van der Waals surface area contributed by atoms with Gasteiger partial charge in [-0.05, 0) is 51.4 Å². The lowest BCUT2D eigenvalue weighted by Crippen LogP contribution is -2.32. The smallest absolute Gasteiger partial charge is 0.201 e. The van der Waals surface area contributed by atoms with Gasteiger partial charge in [-0.15, -0.1) is 17.5 Å². The second kappa shape index (κ2) is 9.75. The van der Waals surface area contributed by atoms with Crippen molar-refractivity contribution >= 4 is 18.1 Å². The molecule has 0 amide bonds. The van der Waals surface area contributed by atoms with E-state index in [0.29, 0.717) is 22.9 Å². The van der Waals surface area contributed by atoms with Gasteiger partial charge in [0, 0.05) is 18.2 Å². The zero-order chi connectivity index (χ0) is 22.9. The fourth-order valence-electron chi connectivity index (χ4n) is 4.25. The Kier molecular flexibility index (Phi) is 6.77. The van der Waals surface area contributed by atoms with Crippen LogP contribution in [0.4, 0.5) is 4.39 Å². The van der Waals surface area contributed by atoms with Gasteiger partial charge in [0.1, 0.15) is 35.0 Å².